The van der Waals surface area contributed by atoms with Crippen LogP contribution in [0.4, 0.5) is 0 Å². The average molecular weight is 542 g/mol. The van der Waals surface area contributed by atoms with Gasteiger partial charge in [-0.2, -0.15) is 0 Å². The van der Waals surface area contributed by atoms with E-state index in [0.717, 1.165) is 18.0 Å². The van der Waals surface area contributed by atoms with Crippen molar-refractivity contribution in [2.45, 2.75) is 33.3 Å². The molecular formula is C19H35IN4O4S. The smallest absolute Gasteiger partial charge is 0.213 e. The Bertz CT molecular complexity index is 716. The molecule has 168 valence electrons. The number of hydrogen-bond donors (Lipinski definition) is 2. The highest BCUT2D eigenvalue weighted by atomic mass is 127. The van der Waals surface area contributed by atoms with Crippen molar-refractivity contribution >= 4 is 40.0 Å². The van der Waals surface area contributed by atoms with Gasteiger partial charge in [0, 0.05) is 32.7 Å². The van der Waals surface area contributed by atoms with Crippen LogP contribution in [0.25, 0.3) is 0 Å². The summed E-state index contributed by atoms with van der Waals surface area (Å²) in [6.45, 7) is 7.91. The summed E-state index contributed by atoms with van der Waals surface area (Å²) < 4.78 is 36.0. The first-order valence-corrected chi connectivity index (χ1v) is 11.2. The van der Waals surface area contributed by atoms with Gasteiger partial charge in [-0.25, -0.2) is 17.7 Å². The zero-order chi connectivity index (χ0) is 21.0. The van der Waals surface area contributed by atoms with Crippen molar-refractivity contribution in [1.82, 2.24) is 14.9 Å². The first-order valence-electron chi connectivity index (χ1n) is 9.59. The summed E-state index contributed by atoms with van der Waals surface area (Å²) in [5, 5.41) is 6.41. The van der Waals surface area contributed by atoms with Crippen LogP contribution in [0.15, 0.2) is 29.3 Å². The van der Waals surface area contributed by atoms with E-state index in [0.29, 0.717) is 32.0 Å². The molecule has 0 aliphatic rings. The average Bonchev–Trinajstić information content (AvgIpc) is 2.69. The van der Waals surface area contributed by atoms with Crippen molar-refractivity contribution in [2.24, 2.45) is 4.99 Å². The molecule has 1 rings (SSSR count). The number of nitrogens with one attached hydrogen (secondary N) is 2. The molecule has 0 heterocycles. The van der Waals surface area contributed by atoms with E-state index >= 15 is 0 Å². The molecular weight excluding hydrogens is 507 g/mol. The molecule has 0 saturated heterocycles. The highest BCUT2D eigenvalue weighted by Crippen LogP contribution is 2.19. The van der Waals surface area contributed by atoms with Crippen LogP contribution in [-0.2, 0) is 10.0 Å². The zero-order valence-corrected chi connectivity index (χ0v) is 21.1. The van der Waals surface area contributed by atoms with Crippen LogP contribution in [0, 0.1) is 0 Å². The standard InChI is InChI=1S/C19H34N4O4S.HI/c1-6-20-19(21-12-9-13-23(4)28(24,25)7-2)22-15-16(3)27-18-11-8-10-17(14-18)26-5;/h8,10-11,14,16H,6-7,9,12-13,15H2,1-5H3,(H2,20,21,22);1H. The topological polar surface area (TPSA) is 92.3 Å². The molecule has 0 saturated carbocycles. The molecule has 0 radical (unpaired) electrons. The fraction of sp³-hybridized carbons (Fsp3) is 0.632. The molecule has 0 fully saturated rings. The lowest BCUT2D eigenvalue weighted by Crippen LogP contribution is -2.39. The molecule has 1 aromatic rings. The molecule has 0 bridgehead atoms. The molecule has 0 amide bonds. The number of halogens is 1. The van der Waals surface area contributed by atoms with E-state index in [1.807, 2.05) is 38.1 Å². The predicted octanol–water partition coefficient (Wildman–Crippen LogP) is 2.31. The van der Waals surface area contributed by atoms with Crippen LogP contribution < -0.4 is 20.1 Å². The lowest BCUT2D eigenvalue weighted by atomic mass is 10.3. The minimum atomic E-state index is -3.13. The lowest BCUT2D eigenvalue weighted by Gasteiger charge is -2.17. The summed E-state index contributed by atoms with van der Waals surface area (Å²) in [6.07, 6.45) is 0.583. The van der Waals surface area contributed by atoms with Gasteiger partial charge in [0.25, 0.3) is 0 Å². The molecule has 10 heteroatoms. The molecule has 0 spiro atoms. The Balaban J connectivity index is 0.00000784. The number of nitrogens with zero attached hydrogens (tertiary/aromatic N) is 2. The van der Waals surface area contributed by atoms with Gasteiger partial charge >= 0.3 is 0 Å². The van der Waals surface area contributed by atoms with E-state index in [4.69, 9.17) is 9.47 Å². The van der Waals surface area contributed by atoms with Gasteiger partial charge in [-0.15, -0.1) is 24.0 Å². The van der Waals surface area contributed by atoms with Gasteiger partial charge in [0.05, 0.1) is 19.4 Å². The second kappa shape index (κ2) is 14.7. The van der Waals surface area contributed by atoms with Gasteiger partial charge in [0.15, 0.2) is 5.96 Å². The van der Waals surface area contributed by atoms with Gasteiger partial charge in [-0.3, -0.25) is 0 Å². The molecule has 8 nitrogen and oxygen atoms in total. The molecule has 0 aliphatic carbocycles. The largest absolute Gasteiger partial charge is 0.497 e. The van der Waals surface area contributed by atoms with E-state index in [-0.39, 0.29) is 35.8 Å². The fourth-order valence-corrected chi connectivity index (χ4v) is 3.22. The number of benzene rings is 1. The molecule has 0 aromatic heterocycles. The van der Waals surface area contributed by atoms with Gasteiger partial charge in [-0.1, -0.05) is 6.07 Å². The summed E-state index contributed by atoms with van der Waals surface area (Å²) in [7, 11) is 0.0973. The SMILES string of the molecule is CCNC(=NCC(C)Oc1cccc(OC)c1)NCCCN(C)S(=O)(=O)CC.I. The number of methoxy groups -OCH3 is 1. The molecule has 1 atom stereocenters. The number of aliphatic imine (C=N–C) groups is 1. The van der Waals surface area contributed by atoms with Gasteiger partial charge in [0.1, 0.15) is 17.6 Å². The summed E-state index contributed by atoms with van der Waals surface area (Å²) in [5.74, 6) is 2.29. The van der Waals surface area contributed by atoms with Crippen molar-refractivity contribution in [3.8, 4) is 11.5 Å². The van der Waals surface area contributed by atoms with E-state index in [9.17, 15) is 8.42 Å². The Hall–Kier alpha value is -1.27. The Morgan fingerprint density at radius 1 is 1.24 bits per heavy atom. The van der Waals surface area contributed by atoms with Crippen LogP contribution in [0.3, 0.4) is 0 Å². The first-order chi connectivity index (χ1) is 13.3. The summed E-state index contributed by atoms with van der Waals surface area (Å²) >= 11 is 0. The van der Waals surface area contributed by atoms with Crippen molar-refractivity contribution < 1.29 is 17.9 Å². The van der Waals surface area contributed by atoms with Crippen LogP contribution in [0.1, 0.15) is 27.2 Å². The fourth-order valence-electron chi connectivity index (χ4n) is 2.37. The van der Waals surface area contributed by atoms with Crippen molar-refractivity contribution in [3.63, 3.8) is 0 Å². The summed E-state index contributed by atoms with van der Waals surface area (Å²) in [5.41, 5.74) is 0. The third-order valence-electron chi connectivity index (χ3n) is 4.01. The first kappa shape index (κ1) is 27.7. The quantitative estimate of drug-likeness (QED) is 0.182. The second-order valence-electron chi connectivity index (χ2n) is 6.33. The minimum absolute atomic E-state index is 0. The lowest BCUT2D eigenvalue weighted by molar-refractivity contribution is 0.229. The zero-order valence-electron chi connectivity index (χ0n) is 18.0. The second-order valence-corrected chi connectivity index (χ2v) is 8.69. The van der Waals surface area contributed by atoms with Crippen LogP contribution in [-0.4, -0.2) is 70.9 Å². The van der Waals surface area contributed by atoms with Crippen LogP contribution in [0.2, 0.25) is 0 Å². The number of ether oxygens (including phenoxy) is 2. The molecule has 1 aromatic carbocycles. The molecule has 0 aliphatic heterocycles. The maximum atomic E-state index is 11.7. The monoisotopic (exact) mass is 542 g/mol. The Morgan fingerprint density at radius 2 is 1.93 bits per heavy atom. The Morgan fingerprint density at radius 3 is 2.55 bits per heavy atom. The summed E-state index contributed by atoms with van der Waals surface area (Å²) in [6, 6.07) is 7.47. The molecule has 1 unspecified atom stereocenters. The summed E-state index contributed by atoms with van der Waals surface area (Å²) in [4.78, 5) is 4.54. The van der Waals surface area contributed by atoms with Crippen LogP contribution >= 0.6 is 24.0 Å². The minimum Gasteiger partial charge on any atom is -0.497 e. The third kappa shape index (κ3) is 10.9. The predicted molar refractivity (Wildman–Crippen MR) is 129 cm³/mol. The van der Waals surface area contributed by atoms with Crippen molar-refractivity contribution in [2.75, 3.05) is 46.1 Å². The number of rotatable bonds is 12. The molecule has 29 heavy (non-hydrogen) atoms. The van der Waals surface area contributed by atoms with E-state index in [1.54, 1.807) is 21.1 Å². The highest BCUT2D eigenvalue weighted by Gasteiger charge is 2.14. The maximum absolute atomic E-state index is 11.7. The van der Waals surface area contributed by atoms with Gasteiger partial charge < -0.3 is 20.1 Å². The van der Waals surface area contributed by atoms with Gasteiger partial charge in [0.2, 0.25) is 10.0 Å². The number of hydrogen-bond acceptors (Lipinski definition) is 5. The van der Waals surface area contributed by atoms with E-state index in [2.05, 4.69) is 15.6 Å². The Kier molecular flexibility index (Phi) is 14.0. The maximum Gasteiger partial charge on any atom is 0.213 e. The van der Waals surface area contributed by atoms with Crippen molar-refractivity contribution in [3.05, 3.63) is 24.3 Å². The highest BCUT2D eigenvalue weighted by molar-refractivity contribution is 14.0. The number of guanidine groups is 1. The number of sulfonamides is 1. The van der Waals surface area contributed by atoms with Crippen molar-refractivity contribution in [1.29, 1.82) is 0 Å². The third-order valence-corrected chi connectivity index (χ3v) is 5.87. The molecule has 2 N–H and O–H groups in total. The van der Waals surface area contributed by atoms with Gasteiger partial charge in [-0.05, 0) is 39.3 Å². The normalized spacial score (nSPS) is 12.8. The van der Waals surface area contributed by atoms with E-state index in [1.165, 1.54) is 4.31 Å². The van der Waals surface area contributed by atoms with Crippen LogP contribution in [0.5, 0.6) is 11.5 Å². The van der Waals surface area contributed by atoms with E-state index < -0.39 is 10.0 Å². The Labute approximate surface area is 192 Å².